The number of hydrogen-bond acceptors (Lipinski definition) is 4. The minimum Gasteiger partial charge on any atom is -0.488 e. The van der Waals surface area contributed by atoms with Crippen molar-refractivity contribution in [1.82, 2.24) is 20.0 Å². The molecular formula is C22H34IN5O2. The standard InChI is InChI=1S/C22H33N5O2.HI/c1-16-7-8-17(19(11-16)29-22(2,3)4)12-24-21(23-5)27-9-10-28-20(15-27)18-13-25-26(6)14-18;/h7-8,11,13-14,20H,9-10,12,15H2,1-6H3,(H,23,24);1H. The van der Waals surface area contributed by atoms with Crippen molar-refractivity contribution in [2.24, 2.45) is 12.0 Å². The molecule has 30 heavy (non-hydrogen) atoms. The third-order valence-electron chi connectivity index (χ3n) is 4.75. The highest BCUT2D eigenvalue weighted by atomic mass is 127. The van der Waals surface area contributed by atoms with Crippen LogP contribution in [0.25, 0.3) is 0 Å². The van der Waals surface area contributed by atoms with E-state index in [0.29, 0.717) is 13.2 Å². The molecule has 1 aliphatic heterocycles. The maximum Gasteiger partial charge on any atom is 0.194 e. The van der Waals surface area contributed by atoms with Gasteiger partial charge in [0.25, 0.3) is 0 Å². The van der Waals surface area contributed by atoms with E-state index >= 15 is 0 Å². The van der Waals surface area contributed by atoms with Crippen LogP contribution >= 0.6 is 24.0 Å². The van der Waals surface area contributed by atoms with Crippen molar-refractivity contribution in [2.45, 2.75) is 45.9 Å². The molecule has 1 aromatic carbocycles. The molecule has 1 aliphatic rings. The molecule has 0 saturated carbocycles. The maximum atomic E-state index is 6.18. The van der Waals surface area contributed by atoms with Crippen molar-refractivity contribution in [2.75, 3.05) is 26.7 Å². The summed E-state index contributed by atoms with van der Waals surface area (Å²) in [6.45, 7) is 11.1. The molecule has 7 nitrogen and oxygen atoms in total. The van der Waals surface area contributed by atoms with Crippen LogP contribution in [0, 0.1) is 6.92 Å². The van der Waals surface area contributed by atoms with Gasteiger partial charge < -0.3 is 19.7 Å². The van der Waals surface area contributed by atoms with Gasteiger partial charge in [0, 0.05) is 44.5 Å². The van der Waals surface area contributed by atoms with Gasteiger partial charge in [-0.2, -0.15) is 5.10 Å². The highest BCUT2D eigenvalue weighted by Crippen LogP contribution is 2.25. The van der Waals surface area contributed by atoms with Crippen LogP contribution in [0.4, 0.5) is 0 Å². The van der Waals surface area contributed by atoms with Gasteiger partial charge in [-0.15, -0.1) is 24.0 Å². The van der Waals surface area contributed by atoms with Gasteiger partial charge in [-0.3, -0.25) is 9.67 Å². The first-order valence-electron chi connectivity index (χ1n) is 10.1. The highest BCUT2D eigenvalue weighted by molar-refractivity contribution is 14.0. The van der Waals surface area contributed by atoms with Crippen LogP contribution in [0.2, 0.25) is 0 Å². The number of benzene rings is 1. The number of nitrogens with one attached hydrogen (secondary N) is 1. The molecule has 0 spiro atoms. The second-order valence-corrected chi connectivity index (χ2v) is 8.48. The number of guanidine groups is 1. The van der Waals surface area contributed by atoms with Crippen molar-refractivity contribution in [1.29, 1.82) is 0 Å². The maximum absolute atomic E-state index is 6.18. The number of halogens is 1. The third-order valence-corrected chi connectivity index (χ3v) is 4.75. The number of nitrogens with zero attached hydrogens (tertiary/aromatic N) is 4. The number of aromatic nitrogens is 2. The van der Waals surface area contributed by atoms with Gasteiger partial charge in [0.2, 0.25) is 0 Å². The smallest absolute Gasteiger partial charge is 0.194 e. The van der Waals surface area contributed by atoms with E-state index in [1.165, 1.54) is 5.56 Å². The molecular weight excluding hydrogens is 493 g/mol. The lowest BCUT2D eigenvalue weighted by atomic mass is 10.1. The second-order valence-electron chi connectivity index (χ2n) is 8.48. The number of morpholine rings is 1. The first-order valence-corrected chi connectivity index (χ1v) is 10.1. The van der Waals surface area contributed by atoms with E-state index in [-0.39, 0.29) is 35.7 Å². The number of ether oxygens (including phenoxy) is 2. The quantitative estimate of drug-likeness (QED) is 0.374. The average Bonchev–Trinajstić information content (AvgIpc) is 3.09. The fourth-order valence-electron chi connectivity index (χ4n) is 3.39. The molecule has 1 N–H and O–H groups in total. The molecule has 8 heteroatoms. The lowest BCUT2D eigenvalue weighted by Gasteiger charge is -2.35. The lowest BCUT2D eigenvalue weighted by molar-refractivity contribution is -0.00806. The van der Waals surface area contributed by atoms with Crippen molar-refractivity contribution in [3.8, 4) is 5.75 Å². The number of rotatable bonds is 4. The van der Waals surface area contributed by atoms with Crippen LogP contribution in [0.15, 0.2) is 35.6 Å². The summed E-state index contributed by atoms with van der Waals surface area (Å²) in [5.74, 6) is 1.78. The molecule has 1 aromatic heterocycles. The minimum absolute atomic E-state index is 0. The summed E-state index contributed by atoms with van der Waals surface area (Å²) in [7, 11) is 3.74. The lowest BCUT2D eigenvalue weighted by Crippen LogP contribution is -2.48. The van der Waals surface area contributed by atoms with E-state index in [0.717, 1.165) is 35.9 Å². The van der Waals surface area contributed by atoms with Gasteiger partial charge >= 0.3 is 0 Å². The van der Waals surface area contributed by atoms with Crippen molar-refractivity contribution in [3.63, 3.8) is 0 Å². The minimum atomic E-state index is -0.245. The molecule has 1 saturated heterocycles. The molecule has 0 bridgehead atoms. The highest BCUT2D eigenvalue weighted by Gasteiger charge is 2.25. The molecule has 0 radical (unpaired) electrons. The zero-order valence-electron chi connectivity index (χ0n) is 18.8. The topological polar surface area (TPSA) is 63.9 Å². The Morgan fingerprint density at radius 2 is 2.13 bits per heavy atom. The van der Waals surface area contributed by atoms with Gasteiger partial charge in [0.15, 0.2) is 5.96 Å². The first-order chi connectivity index (χ1) is 13.7. The molecule has 1 unspecified atom stereocenters. The summed E-state index contributed by atoms with van der Waals surface area (Å²) in [6, 6.07) is 6.33. The molecule has 1 fully saturated rings. The Morgan fingerprint density at radius 3 is 2.77 bits per heavy atom. The zero-order valence-corrected chi connectivity index (χ0v) is 21.1. The monoisotopic (exact) mass is 527 g/mol. The SMILES string of the molecule is CN=C(NCc1ccc(C)cc1OC(C)(C)C)N1CCOC(c2cnn(C)c2)C1.I. The predicted octanol–water partition coefficient (Wildman–Crippen LogP) is 3.67. The van der Waals surface area contributed by atoms with Gasteiger partial charge in [0.1, 0.15) is 17.5 Å². The van der Waals surface area contributed by atoms with Crippen LogP contribution in [0.5, 0.6) is 5.75 Å². The van der Waals surface area contributed by atoms with E-state index < -0.39 is 0 Å². The number of hydrogen-bond donors (Lipinski definition) is 1. The van der Waals surface area contributed by atoms with Gasteiger partial charge in [-0.25, -0.2) is 0 Å². The Labute approximate surface area is 196 Å². The number of aryl methyl sites for hydroxylation is 2. The van der Waals surface area contributed by atoms with Crippen molar-refractivity contribution >= 4 is 29.9 Å². The number of aliphatic imine (C=N–C) groups is 1. The molecule has 3 rings (SSSR count). The fraction of sp³-hybridized carbons (Fsp3) is 0.545. The van der Waals surface area contributed by atoms with Gasteiger partial charge in [-0.1, -0.05) is 12.1 Å². The average molecular weight is 527 g/mol. The summed E-state index contributed by atoms with van der Waals surface area (Å²) in [5.41, 5.74) is 3.14. The van der Waals surface area contributed by atoms with Crippen LogP contribution in [0.1, 0.15) is 43.6 Å². The summed E-state index contributed by atoms with van der Waals surface area (Å²) in [4.78, 5) is 6.73. The predicted molar refractivity (Wildman–Crippen MR) is 131 cm³/mol. The molecule has 166 valence electrons. The van der Waals surface area contributed by atoms with Gasteiger partial charge in [-0.05, 0) is 39.3 Å². The van der Waals surface area contributed by atoms with Crippen LogP contribution in [0.3, 0.4) is 0 Å². The molecule has 1 atom stereocenters. The van der Waals surface area contributed by atoms with E-state index in [1.807, 2.05) is 26.5 Å². The summed E-state index contributed by atoms with van der Waals surface area (Å²) in [5, 5.41) is 7.76. The van der Waals surface area contributed by atoms with Crippen molar-refractivity contribution < 1.29 is 9.47 Å². The fourth-order valence-corrected chi connectivity index (χ4v) is 3.39. The van der Waals surface area contributed by atoms with E-state index in [4.69, 9.17) is 9.47 Å². The Kier molecular flexibility index (Phi) is 8.54. The van der Waals surface area contributed by atoms with Crippen LogP contribution < -0.4 is 10.1 Å². The molecule has 0 amide bonds. The Balaban J connectivity index is 0.00000320. The Morgan fingerprint density at radius 1 is 1.37 bits per heavy atom. The largest absolute Gasteiger partial charge is 0.488 e. The molecule has 2 heterocycles. The second kappa shape index (κ2) is 10.5. The van der Waals surface area contributed by atoms with E-state index in [1.54, 1.807) is 4.68 Å². The first kappa shape index (κ1) is 24.5. The Bertz CT molecular complexity index is 859. The van der Waals surface area contributed by atoms with Gasteiger partial charge in [0.05, 0.1) is 19.3 Å². The molecule has 0 aliphatic carbocycles. The molecule has 2 aromatic rings. The Hall–Kier alpha value is -1.81. The van der Waals surface area contributed by atoms with Crippen molar-refractivity contribution in [3.05, 3.63) is 47.3 Å². The van der Waals surface area contributed by atoms with E-state index in [9.17, 15) is 0 Å². The summed E-state index contributed by atoms with van der Waals surface area (Å²) >= 11 is 0. The zero-order chi connectivity index (χ0) is 21.0. The van der Waals surface area contributed by atoms with E-state index in [2.05, 4.69) is 66.2 Å². The summed E-state index contributed by atoms with van der Waals surface area (Å²) < 4.78 is 13.9. The third kappa shape index (κ3) is 6.60. The normalized spacial score (nSPS) is 17.5. The van der Waals surface area contributed by atoms with Crippen LogP contribution in [-0.4, -0.2) is 53.0 Å². The van der Waals surface area contributed by atoms with Crippen LogP contribution in [-0.2, 0) is 18.3 Å². The summed E-state index contributed by atoms with van der Waals surface area (Å²) in [6.07, 6.45) is 3.87.